The zero-order valence-corrected chi connectivity index (χ0v) is 11.5. The second-order valence-corrected chi connectivity index (χ2v) is 4.54. The molecule has 0 spiro atoms. The number of fused-ring (bicyclic) bond motifs is 1. The first-order valence-corrected chi connectivity index (χ1v) is 5.92. The van der Waals surface area contributed by atoms with Crippen molar-refractivity contribution in [2.45, 2.75) is 6.92 Å². The molecule has 0 heterocycles. The van der Waals surface area contributed by atoms with E-state index in [2.05, 4.69) is 15.9 Å². The SMILES string of the molecule is COc1ccc(OC)c2c(O)c(Br)c(C)cc12. The smallest absolute Gasteiger partial charge is 0.141 e. The van der Waals surface area contributed by atoms with Crippen LogP contribution in [0.25, 0.3) is 10.8 Å². The van der Waals surface area contributed by atoms with Crippen LogP contribution in [0.15, 0.2) is 22.7 Å². The van der Waals surface area contributed by atoms with E-state index >= 15 is 0 Å². The fourth-order valence-electron chi connectivity index (χ4n) is 1.89. The van der Waals surface area contributed by atoms with Gasteiger partial charge in [-0.25, -0.2) is 0 Å². The number of aryl methyl sites for hydroxylation is 1. The maximum atomic E-state index is 10.2. The number of halogens is 1. The molecule has 0 saturated heterocycles. The molecule has 0 atom stereocenters. The van der Waals surface area contributed by atoms with E-state index in [1.54, 1.807) is 20.3 Å². The first-order chi connectivity index (χ1) is 8.10. The van der Waals surface area contributed by atoms with Gasteiger partial charge in [0.05, 0.1) is 24.1 Å². The quantitative estimate of drug-likeness (QED) is 0.920. The van der Waals surface area contributed by atoms with E-state index in [0.717, 1.165) is 10.9 Å². The molecule has 0 radical (unpaired) electrons. The van der Waals surface area contributed by atoms with Gasteiger partial charge in [0.25, 0.3) is 0 Å². The van der Waals surface area contributed by atoms with E-state index in [1.807, 2.05) is 19.1 Å². The van der Waals surface area contributed by atoms with Crippen LogP contribution in [-0.2, 0) is 0 Å². The Bertz CT molecular complexity index is 579. The summed E-state index contributed by atoms with van der Waals surface area (Å²) in [6, 6.07) is 5.57. The highest BCUT2D eigenvalue weighted by atomic mass is 79.9. The van der Waals surface area contributed by atoms with Gasteiger partial charge in [-0.3, -0.25) is 0 Å². The van der Waals surface area contributed by atoms with Gasteiger partial charge in [0.2, 0.25) is 0 Å². The Hall–Kier alpha value is -1.42. The summed E-state index contributed by atoms with van der Waals surface area (Å²) in [5, 5.41) is 11.7. The third-order valence-electron chi connectivity index (χ3n) is 2.76. The van der Waals surface area contributed by atoms with Crippen molar-refractivity contribution in [2.24, 2.45) is 0 Å². The third kappa shape index (κ3) is 1.82. The average molecular weight is 297 g/mol. The number of hydrogen-bond donors (Lipinski definition) is 1. The minimum absolute atomic E-state index is 0.177. The average Bonchev–Trinajstić information content (AvgIpc) is 2.34. The summed E-state index contributed by atoms with van der Waals surface area (Å²) in [5.74, 6) is 1.52. The standard InChI is InChI=1S/C13H13BrO3/c1-7-6-8-9(16-2)4-5-10(17-3)11(8)13(15)12(7)14/h4-6,15H,1-3H3. The van der Waals surface area contributed by atoms with Crippen LogP contribution in [0.3, 0.4) is 0 Å². The number of phenolic OH excluding ortho intramolecular Hbond substituents is 1. The highest BCUT2D eigenvalue weighted by Crippen LogP contribution is 2.43. The van der Waals surface area contributed by atoms with Crippen molar-refractivity contribution in [3.05, 3.63) is 28.2 Å². The molecule has 2 aromatic carbocycles. The molecule has 17 heavy (non-hydrogen) atoms. The van der Waals surface area contributed by atoms with Gasteiger partial charge in [0.1, 0.15) is 17.2 Å². The Kier molecular flexibility index (Phi) is 3.15. The van der Waals surface area contributed by atoms with E-state index in [0.29, 0.717) is 21.4 Å². The van der Waals surface area contributed by atoms with Crippen molar-refractivity contribution in [1.29, 1.82) is 0 Å². The molecule has 0 aromatic heterocycles. The summed E-state index contributed by atoms with van der Waals surface area (Å²) in [6.45, 7) is 1.92. The Morgan fingerprint density at radius 3 is 2.29 bits per heavy atom. The second-order valence-electron chi connectivity index (χ2n) is 3.75. The number of hydrogen-bond acceptors (Lipinski definition) is 3. The zero-order valence-electron chi connectivity index (χ0n) is 9.87. The molecule has 0 aliphatic rings. The zero-order chi connectivity index (χ0) is 12.6. The summed E-state index contributed by atoms with van der Waals surface area (Å²) in [6.07, 6.45) is 0. The predicted molar refractivity (Wildman–Crippen MR) is 71.2 cm³/mol. The molecule has 0 fully saturated rings. The number of methoxy groups -OCH3 is 2. The van der Waals surface area contributed by atoms with Crippen LogP contribution in [-0.4, -0.2) is 19.3 Å². The van der Waals surface area contributed by atoms with Crippen molar-refractivity contribution in [2.75, 3.05) is 14.2 Å². The summed E-state index contributed by atoms with van der Waals surface area (Å²) >= 11 is 3.36. The monoisotopic (exact) mass is 296 g/mol. The van der Waals surface area contributed by atoms with E-state index in [1.165, 1.54) is 0 Å². The number of rotatable bonds is 2. The van der Waals surface area contributed by atoms with E-state index in [4.69, 9.17) is 9.47 Å². The van der Waals surface area contributed by atoms with Crippen molar-refractivity contribution < 1.29 is 14.6 Å². The molecule has 3 nitrogen and oxygen atoms in total. The van der Waals surface area contributed by atoms with Gasteiger partial charge < -0.3 is 14.6 Å². The fourth-order valence-corrected chi connectivity index (χ4v) is 2.21. The molecule has 0 aliphatic heterocycles. The molecule has 90 valence electrons. The molecular formula is C13H13BrO3. The second kappa shape index (κ2) is 4.45. The molecule has 2 aromatic rings. The van der Waals surface area contributed by atoms with Gasteiger partial charge in [-0.05, 0) is 46.6 Å². The minimum atomic E-state index is 0.177. The molecular weight excluding hydrogens is 284 g/mol. The van der Waals surface area contributed by atoms with Gasteiger partial charge in [-0.2, -0.15) is 0 Å². The first-order valence-electron chi connectivity index (χ1n) is 5.13. The van der Waals surface area contributed by atoms with Crippen LogP contribution < -0.4 is 9.47 Å². The number of benzene rings is 2. The Morgan fingerprint density at radius 1 is 1.12 bits per heavy atom. The maximum absolute atomic E-state index is 10.2. The minimum Gasteiger partial charge on any atom is -0.506 e. The molecule has 1 N–H and O–H groups in total. The molecule has 0 bridgehead atoms. The van der Waals surface area contributed by atoms with Crippen LogP contribution in [0.5, 0.6) is 17.2 Å². The summed E-state index contributed by atoms with van der Waals surface area (Å²) < 4.78 is 11.2. The normalized spacial score (nSPS) is 10.6. The Balaban J connectivity index is 2.96. The Morgan fingerprint density at radius 2 is 1.71 bits per heavy atom. The summed E-state index contributed by atoms with van der Waals surface area (Å²) in [5.41, 5.74) is 0.946. The molecule has 0 saturated carbocycles. The molecule has 0 aliphatic carbocycles. The fraction of sp³-hybridized carbons (Fsp3) is 0.231. The number of aromatic hydroxyl groups is 1. The van der Waals surface area contributed by atoms with Crippen LogP contribution in [0.4, 0.5) is 0 Å². The summed E-state index contributed by atoms with van der Waals surface area (Å²) in [7, 11) is 3.18. The number of ether oxygens (including phenoxy) is 2. The molecule has 0 unspecified atom stereocenters. The lowest BCUT2D eigenvalue weighted by atomic mass is 10.0. The van der Waals surface area contributed by atoms with Gasteiger partial charge >= 0.3 is 0 Å². The van der Waals surface area contributed by atoms with Crippen molar-refractivity contribution >= 4 is 26.7 Å². The van der Waals surface area contributed by atoms with E-state index < -0.39 is 0 Å². The van der Waals surface area contributed by atoms with Crippen molar-refractivity contribution in [3.8, 4) is 17.2 Å². The summed E-state index contributed by atoms with van der Waals surface area (Å²) in [4.78, 5) is 0. The Labute approximate surface area is 108 Å². The lowest BCUT2D eigenvalue weighted by Crippen LogP contribution is -1.91. The van der Waals surface area contributed by atoms with Gasteiger partial charge in [-0.1, -0.05) is 0 Å². The lowest BCUT2D eigenvalue weighted by molar-refractivity contribution is 0.407. The van der Waals surface area contributed by atoms with E-state index in [-0.39, 0.29) is 5.75 Å². The first kappa shape index (κ1) is 12.0. The molecule has 2 rings (SSSR count). The van der Waals surface area contributed by atoms with Crippen molar-refractivity contribution in [3.63, 3.8) is 0 Å². The van der Waals surface area contributed by atoms with Crippen LogP contribution in [0, 0.1) is 6.92 Å². The lowest BCUT2D eigenvalue weighted by Gasteiger charge is -2.13. The molecule has 4 heteroatoms. The van der Waals surface area contributed by atoms with Crippen LogP contribution in [0.1, 0.15) is 5.56 Å². The highest BCUT2D eigenvalue weighted by molar-refractivity contribution is 9.10. The van der Waals surface area contributed by atoms with Gasteiger partial charge in [0.15, 0.2) is 0 Å². The van der Waals surface area contributed by atoms with Gasteiger partial charge in [0, 0.05) is 5.39 Å². The maximum Gasteiger partial charge on any atom is 0.141 e. The topological polar surface area (TPSA) is 38.7 Å². The molecule has 0 amide bonds. The van der Waals surface area contributed by atoms with Crippen LogP contribution >= 0.6 is 15.9 Å². The van der Waals surface area contributed by atoms with E-state index in [9.17, 15) is 5.11 Å². The third-order valence-corrected chi connectivity index (χ3v) is 3.76. The predicted octanol–water partition coefficient (Wildman–Crippen LogP) is 3.63. The van der Waals surface area contributed by atoms with Gasteiger partial charge in [-0.15, -0.1) is 0 Å². The highest BCUT2D eigenvalue weighted by Gasteiger charge is 2.15. The number of phenols is 1. The van der Waals surface area contributed by atoms with Crippen LogP contribution in [0.2, 0.25) is 0 Å². The largest absolute Gasteiger partial charge is 0.506 e. The van der Waals surface area contributed by atoms with Crippen molar-refractivity contribution in [1.82, 2.24) is 0 Å².